The molecule has 69 heavy (non-hydrogen) atoms. The van der Waals surface area contributed by atoms with E-state index in [0.717, 1.165) is 0 Å². The van der Waals surface area contributed by atoms with Crippen LogP contribution in [-0.2, 0) is 9.47 Å². The third kappa shape index (κ3) is 7.88. The molecule has 6 aliphatic heterocycles. The lowest BCUT2D eigenvalue weighted by Crippen LogP contribution is -2.21. The van der Waals surface area contributed by atoms with Crippen molar-refractivity contribution in [1.82, 2.24) is 0 Å². The molecule has 2 atom stereocenters. The molecule has 0 saturated carbocycles. The minimum Gasteiger partial charge on any atom is -0.508 e. The monoisotopic (exact) mass is 926 g/mol. The van der Waals surface area contributed by atoms with Crippen LogP contribution in [0.5, 0.6) is 28.7 Å². The molecule has 1 saturated heterocycles. The van der Waals surface area contributed by atoms with Crippen LogP contribution in [0, 0.1) is 23.3 Å². The molecule has 1 fully saturated rings. The number of halogens is 4. The number of aromatic hydroxyl groups is 4. The summed E-state index contributed by atoms with van der Waals surface area (Å²) >= 11 is 0. The highest BCUT2D eigenvalue weighted by molar-refractivity contribution is 6.39. The van der Waals surface area contributed by atoms with Gasteiger partial charge in [-0.05, 0) is 114 Å². The first-order valence-electron chi connectivity index (χ1n) is 21.5. The van der Waals surface area contributed by atoms with Crippen LogP contribution in [0.1, 0.15) is 34.1 Å². The van der Waals surface area contributed by atoms with E-state index in [1.54, 1.807) is 97.1 Å². The van der Waals surface area contributed by atoms with Crippen molar-refractivity contribution >= 4 is 45.1 Å². The molecule has 5 aromatic carbocycles. The van der Waals surface area contributed by atoms with Crippen LogP contribution >= 0.6 is 0 Å². The molecule has 8 bridgehead atoms. The molecule has 6 heterocycles. The third-order valence-corrected chi connectivity index (χ3v) is 11.8. The molecular formula is C54H34F4N4O7. The van der Waals surface area contributed by atoms with Gasteiger partial charge in [0.15, 0.2) is 23.7 Å². The van der Waals surface area contributed by atoms with Crippen LogP contribution in [0.15, 0.2) is 188 Å². The summed E-state index contributed by atoms with van der Waals surface area (Å²) in [5.41, 5.74) is 3.60. The Morgan fingerprint density at radius 1 is 0.478 bits per heavy atom. The van der Waals surface area contributed by atoms with E-state index >= 15 is 17.6 Å². The maximum Gasteiger partial charge on any atom is 0.204 e. The largest absolute Gasteiger partial charge is 0.508 e. The van der Waals surface area contributed by atoms with Gasteiger partial charge in [-0.3, -0.25) is 0 Å². The summed E-state index contributed by atoms with van der Waals surface area (Å²) in [7, 11) is 0. The maximum atomic E-state index is 16.9. The summed E-state index contributed by atoms with van der Waals surface area (Å²) in [5, 5.41) is 41.6. The van der Waals surface area contributed by atoms with Crippen LogP contribution in [0.2, 0.25) is 0 Å². The van der Waals surface area contributed by atoms with Crippen molar-refractivity contribution in [1.29, 1.82) is 0 Å². The summed E-state index contributed by atoms with van der Waals surface area (Å²) in [6.45, 7) is -0.614. The van der Waals surface area contributed by atoms with Gasteiger partial charge in [-0.15, -0.1) is 0 Å². The molecule has 340 valence electrons. The zero-order chi connectivity index (χ0) is 47.5. The highest BCUT2D eigenvalue weighted by Crippen LogP contribution is 2.42. The van der Waals surface area contributed by atoms with E-state index in [2.05, 4.69) is 0 Å². The molecule has 0 amide bonds. The minimum absolute atomic E-state index is 0.00302. The topological polar surface area (TPSA) is 158 Å². The van der Waals surface area contributed by atoms with Crippen LogP contribution in [0.3, 0.4) is 0 Å². The second kappa shape index (κ2) is 17.2. The number of hydrogen-bond acceptors (Lipinski definition) is 11. The fourth-order valence-electron chi connectivity index (χ4n) is 8.69. The van der Waals surface area contributed by atoms with E-state index in [1.165, 1.54) is 48.6 Å². The smallest absolute Gasteiger partial charge is 0.204 e. The Labute approximate surface area is 390 Å². The number of fused-ring (bicyclic) bond motifs is 4. The second-order valence-corrected chi connectivity index (χ2v) is 16.3. The molecule has 0 spiro atoms. The average molecular weight is 927 g/mol. The standard InChI is InChI=1S/C54H34F4N4O7/c55-49-48(50(56)52(58)53(51(49)57)67-25-35-26-68-54(69-35)27-10-12-31(63)13-11-27)47-42-20-18-40(61-42)45(29-5-2-8-33(65)23-29)38-16-14-36(59-38)44(28-4-1-7-32(64)22-28)37-15-17-39(60-37)46(41-19-21-43(47)62-41)30-6-3-9-34(66)24-30/h1-24,35,54,63-66H,25-26H2. The normalized spacial score (nSPS) is 19.3. The molecule has 4 N–H and O–H groups in total. The van der Waals surface area contributed by atoms with E-state index in [4.69, 9.17) is 34.2 Å². The summed E-state index contributed by atoms with van der Waals surface area (Å²) < 4.78 is 83.3. The Kier molecular flexibility index (Phi) is 10.7. The van der Waals surface area contributed by atoms with E-state index in [9.17, 15) is 20.4 Å². The van der Waals surface area contributed by atoms with Gasteiger partial charge in [-0.2, -0.15) is 8.78 Å². The van der Waals surface area contributed by atoms with Gasteiger partial charge < -0.3 is 34.6 Å². The number of hydrogen-bond donors (Lipinski definition) is 4. The van der Waals surface area contributed by atoms with Gasteiger partial charge in [0, 0.05) is 27.9 Å². The van der Waals surface area contributed by atoms with Crippen molar-refractivity contribution in [3.63, 3.8) is 0 Å². The van der Waals surface area contributed by atoms with Crippen molar-refractivity contribution in [2.24, 2.45) is 20.0 Å². The number of phenols is 4. The Morgan fingerprint density at radius 2 is 0.884 bits per heavy atom. The van der Waals surface area contributed by atoms with Gasteiger partial charge >= 0.3 is 0 Å². The SMILES string of the molecule is Oc1ccc(C2OCC(COc3c(F)c(F)c(C4=C5C=CC(=N5)C(c5cccc(O)c5)=C5C=CC(=N5)C(c5cccc(O)c5)=C5C=CC(=N5)C(c5cccc(O)c5)=C5C=CC4=N5)c(F)c3F)O2)cc1. The molecule has 0 aromatic heterocycles. The van der Waals surface area contributed by atoms with Gasteiger partial charge in [0.1, 0.15) is 35.7 Å². The summed E-state index contributed by atoms with van der Waals surface area (Å²) in [5.74, 6) is -8.67. The fourth-order valence-corrected chi connectivity index (χ4v) is 8.69. The zero-order valence-corrected chi connectivity index (χ0v) is 35.7. The van der Waals surface area contributed by atoms with Gasteiger partial charge in [-0.1, -0.05) is 48.5 Å². The summed E-state index contributed by atoms with van der Waals surface area (Å²) in [6, 6.07) is 25.3. The van der Waals surface area contributed by atoms with Gasteiger partial charge in [0.25, 0.3) is 0 Å². The lowest BCUT2D eigenvalue weighted by molar-refractivity contribution is -0.0662. The molecule has 11 nitrogen and oxygen atoms in total. The zero-order valence-electron chi connectivity index (χ0n) is 35.7. The molecule has 6 aliphatic rings. The predicted molar refractivity (Wildman–Crippen MR) is 252 cm³/mol. The lowest BCUT2D eigenvalue weighted by atomic mass is 9.96. The molecular weight excluding hydrogens is 893 g/mol. The van der Waals surface area contributed by atoms with Crippen molar-refractivity contribution in [2.75, 3.05) is 13.2 Å². The second-order valence-electron chi connectivity index (χ2n) is 16.3. The maximum absolute atomic E-state index is 16.9. The highest BCUT2D eigenvalue weighted by atomic mass is 19.2. The first-order chi connectivity index (χ1) is 33.5. The average Bonchev–Trinajstić information content (AvgIpc) is 4.21. The third-order valence-electron chi connectivity index (χ3n) is 11.8. The number of aliphatic imine (C=N–C) groups is 4. The number of allylic oxidation sites excluding steroid dienone is 12. The number of benzene rings is 5. The first-order valence-corrected chi connectivity index (χ1v) is 21.5. The molecule has 2 unspecified atom stereocenters. The van der Waals surface area contributed by atoms with Gasteiger partial charge in [-0.25, -0.2) is 28.8 Å². The van der Waals surface area contributed by atoms with Crippen LogP contribution in [0.4, 0.5) is 17.6 Å². The molecule has 15 heteroatoms. The van der Waals surface area contributed by atoms with E-state index in [0.29, 0.717) is 61.8 Å². The number of rotatable bonds is 8. The van der Waals surface area contributed by atoms with E-state index in [1.807, 2.05) is 0 Å². The van der Waals surface area contributed by atoms with Crippen molar-refractivity contribution in [3.8, 4) is 28.7 Å². The fraction of sp³-hybridized carbons (Fsp3) is 0.0741. The Bertz CT molecular complexity index is 3390. The van der Waals surface area contributed by atoms with Crippen molar-refractivity contribution < 1.29 is 52.2 Å². The molecule has 11 rings (SSSR count). The van der Waals surface area contributed by atoms with E-state index < -0.39 is 59.2 Å². The van der Waals surface area contributed by atoms with Crippen LogP contribution < -0.4 is 4.74 Å². The highest BCUT2D eigenvalue weighted by Gasteiger charge is 2.36. The molecule has 0 radical (unpaired) electrons. The van der Waals surface area contributed by atoms with Crippen molar-refractivity contribution in [3.05, 3.63) is 220 Å². The predicted octanol–water partition coefficient (Wildman–Crippen LogP) is 10.6. The van der Waals surface area contributed by atoms with E-state index in [-0.39, 0.29) is 52.4 Å². The minimum atomic E-state index is -1.82. The van der Waals surface area contributed by atoms with Gasteiger partial charge in [0.05, 0.1) is 57.8 Å². The van der Waals surface area contributed by atoms with Crippen LogP contribution in [0.25, 0.3) is 22.3 Å². The van der Waals surface area contributed by atoms with Crippen molar-refractivity contribution in [2.45, 2.75) is 12.4 Å². The Balaban J connectivity index is 1.10. The Hall–Kier alpha value is -8.66. The first kappa shape index (κ1) is 42.9. The van der Waals surface area contributed by atoms with Gasteiger partial charge in [0.2, 0.25) is 11.6 Å². The number of phenolic OH excluding ortho intramolecular Hbond substituents is 4. The lowest BCUT2D eigenvalue weighted by Gasteiger charge is -2.17. The number of ether oxygens (including phenoxy) is 3. The summed E-state index contributed by atoms with van der Waals surface area (Å²) in [4.78, 5) is 19.8. The quantitative estimate of drug-likeness (QED) is 0.0891. The molecule has 5 aromatic rings. The summed E-state index contributed by atoms with van der Waals surface area (Å²) in [6.07, 6.45) is 11.2. The Morgan fingerprint density at radius 3 is 1.30 bits per heavy atom. The molecule has 0 aliphatic carbocycles. The number of nitrogens with zero attached hydrogens (tertiary/aromatic N) is 4. The van der Waals surface area contributed by atoms with Crippen LogP contribution in [-0.4, -0.2) is 62.6 Å².